The highest BCUT2D eigenvalue weighted by molar-refractivity contribution is 6.44. The minimum absolute atomic E-state index is 0.449. The SMILES string of the molecule is CC(C)CCCC(C)NCc1c(Cl)ccc(Cl)c1Cl. The van der Waals surface area contributed by atoms with Crippen molar-refractivity contribution in [3.8, 4) is 0 Å². The molecule has 1 aromatic rings. The van der Waals surface area contributed by atoms with Crippen molar-refractivity contribution in [1.29, 1.82) is 0 Å². The molecule has 1 atom stereocenters. The molecule has 0 amide bonds. The summed E-state index contributed by atoms with van der Waals surface area (Å²) in [6.45, 7) is 7.35. The van der Waals surface area contributed by atoms with Crippen molar-refractivity contribution in [1.82, 2.24) is 5.32 Å². The van der Waals surface area contributed by atoms with Gasteiger partial charge in [-0.05, 0) is 31.4 Å². The Morgan fingerprint density at radius 2 is 1.63 bits per heavy atom. The van der Waals surface area contributed by atoms with Gasteiger partial charge in [-0.3, -0.25) is 0 Å². The first-order valence-corrected chi connectivity index (χ1v) is 7.91. The van der Waals surface area contributed by atoms with Crippen LogP contribution in [-0.2, 0) is 6.54 Å². The molecule has 0 spiro atoms. The van der Waals surface area contributed by atoms with Gasteiger partial charge in [0.2, 0.25) is 0 Å². The van der Waals surface area contributed by atoms with Crippen LogP contribution in [0.5, 0.6) is 0 Å². The van der Waals surface area contributed by atoms with Crippen LogP contribution >= 0.6 is 34.8 Å². The summed E-state index contributed by atoms with van der Waals surface area (Å²) in [5.74, 6) is 0.768. The zero-order valence-electron chi connectivity index (χ0n) is 11.8. The number of halogens is 3. The van der Waals surface area contributed by atoms with Gasteiger partial charge in [-0.15, -0.1) is 0 Å². The Bertz CT molecular complexity index is 405. The van der Waals surface area contributed by atoms with Gasteiger partial charge in [0.1, 0.15) is 0 Å². The van der Waals surface area contributed by atoms with E-state index < -0.39 is 0 Å². The van der Waals surface area contributed by atoms with Crippen LogP contribution in [0.1, 0.15) is 45.6 Å². The highest BCUT2D eigenvalue weighted by atomic mass is 35.5. The van der Waals surface area contributed by atoms with E-state index in [1.54, 1.807) is 12.1 Å². The molecule has 108 valence electrons. The number of rotatable bonds is 7. The van der Waals surface area contributed by atoms with Gasteiger partial charge in [0.25, 0.3) is 0 Å². The molecule has 0 saturated carbocycles. The average molecular weight is 323 g/mol. The number of hydrogen-bond acceptors (Lipinski definition) is 1. The molecule has 0 bridgehead atoms. The van der Waals surface area contributed by atoms with E-state index in [-0.39, 0.29) is 0 Å². The van der Waals surface area contributed by atoms with Crippen molar-refractivity contribution >= 4 is 34.8 Å². The monoisotopic (exact) mass is 321 g/mol. The molecule has 1 aromatic carbocycles. The lowest BCUT2D eigenvalue weighted by Crippen LogP contribution is -2.25. The third kappa shape index (κ3) is 5.91. The number of benzene rings is 1. The minimum Gasteiger partial charge on any atom is -0.310 e. The second-order valence-corrected chi connectivity index (χ2v) is 6.62. The Morgan fingerprint density at radius 3 is 2.26 bits per heavy atom. The maximum absolute atomic E-state index is 6.17. The van der Waals surface area contributed by atoms with Crippen molar-refractivity contribution in [3.63, 3.8) is 0 Å². The first kappa shape index (κ1) is 17.1. The van der Waals surface area contributed by atoms with E-state index in [1.165, 1.54) is 12.8 Å². The summed E-state index contributed by atoms with van der Waals surface area (Å²) in [7, 11) is 0. The van der Waals surface area contributed by atoms with Gasteiger partial charge in [-0.2, -0.15) is 0 Å². The van der Waals surface area contributed by atoms with Gasteiger partial charge >= 0.3 is 0 Å². The third-order valence-electron chi connectivity index (χ3n) is 3.18. The molecule has 0 heterocycles. The fourth-order valence-electron chi connectivity index (χ4n) is 1.94. The topological polar surface area (TPSA) is 12.0 Å². The van der Waals surface area contributed by atoms with Crippen LogP contribution in [0, 0.1) is 5.92 Å². The maximum atomic E-state index is 6.17. The summed E-state index contributed by atoms with van der Waals surface area (Å²) in [6, 6.07) is 3.96. The van der Waals surface area contributed by atoms with Crippen molar-refractivity contribution in [2.24, 2.45) is 5.92 Å². The van der Waals surface area contributed by atoms with E-state index in [4.69, 9.17) is 34.8 Å². The Kier molecular flexibility index (Phi) is 7.53. The first-order valence-electron chi connectivity index (χ1n) is 6.77. The zero-order chi connectivity index (χ0) is 14.4. The fraction of sp³-hybridized carbons (Fsp3) is 0.600. The largest absolute Gasteiger partial charge is 0.310 e. The molecule has 0 aliphatic rings. The summed E-state index contributed by atoms with van der Waals surface area (Å²) in [5, 5.41) is 5.22. The standard InChI is InChI=1S/C15H22Cl3N/c1-10(2)5-4-6-11(3)19-9-12-13(16)7-8-14(17)15(12)18/h7-8,10-11,19H,4-6,9H2,1-3H3. The van der Waals surface area contributed by atoms with E-state index in [1.807, 2.05) is 0 Å². The Morgan fingerprint density at radius 1 is 1.00 bits per heavy atom. The molecule has 1 unspecified atom stereocenters. The normalized spacial score (nSPS) is 13.0. The maximum Gasteiger partial charge on any atom is 0.0652 e. The molecular weight excluding hydrogens is 301 g/mol. The lowest BCUT2D eigenvalue weighted by Gasteiger charge is -2.16. The Labute approximate surface area is 131 Å². The predicted octanol–water partition coefficient (Wildman–Crippen LogP) is 5.95. The van der Waals surface area contributed by atoms with Crippen molar-refractivity contribution < 1.29 is 0 Å². The second-order valence-electron chi connectivity index (χ2n) is 5.43. The van der Waals surface area contributed by atoms with Crippen LogP contribution < -0.4 is 5.32 Å². The van der Waals surface area contributed by atoms with Gasteiger partial charge < -0.3 is 5.32 Å². The fourth-order valence-corrected chi connectivity index (χ4v) is 2.62. The summed E-state index contributed by atoms with van der Waals surface area (Å²) in [5.41, 5.74) is 0.881. The first-order chi connectivity index (χ1) is 8.91. The van der Waals surface area contributed by atoms with E-state index >= 15 is 0 Å². The van der Waals surface area contributed by atoms with Crippen molar-refractivity contribution in [3.05, 3.63) is 32.8 Å². The van der Waals surface area contributed by atoms with E-state index in [9.17, 15) is 0 Å². The lowest BCUT2D eigenvalue weighted by atomic mass is 10.0. The Hall–Kier alpha value is 0.0500. The molecule has 0 saturated heterocycles. The van der Waals surface area contributed by atoms with E-state index in [0.29, 0.717) is 27.7 Å². The summed E-state index contributed by atoms with van der Waals surface area (Å²) >= 11 is 18.3. The van der Waals surface area contributed by atoms with Gasteiger partial charge in [0.05, 0.1) is 10.0 Å². The summed E-state index contributed by atoms with van der Waals surface area (Å²) in [4.78, 5) is 0. The molecule has 0 fully saturated rings. The van der Waals surface area contributed by atoms with Crippen LogP contribution in [0.4, 0.5) is 0 Å². The van der Waals surface area contributed by atoms with Crippen molar-refractivity contribution in [2.75, 3.05) is 0 Å². The Balaban J connectivity index is 2.46. The van der Waals surface area contributed by atoms with Crippen LogP contribution in [0.2, 0.25) is 15.1 Å². The molecule has 0 aliphatic heterocycles. The molecule has 1 nitrogen and oxygen atoms in total. The molecule has 0 aromatic heterocycles. The van der Waals surface area contributed by atoms with Crippen LogP contribution in [-0.4, -0.2) is 6.04 Å². The van der Waals surface area contributed by atoms with Gasteiger partial charge in [-0.1, -0.05) is 61.5 Å². The number of hydrogen-bond donors (Lipinski definition) is 1. The average Bonchev–Trinajstić information content (AvgIpc) is 2.33. The van der Waals surface area contributed by atoms with Crippen molar-refractivity contribution in [2.45, 2.75) is 52.6 Å². The molecule has 4 heteroatoms. The molecule has 19 heavy (non-hydrogen) atoms. The lowest BCUT2D eigenvalue weighted by molar-refractivity contribution is 0.457. The molecule has 1 N–H and O–H groups in total. The third-order valence-corrected chi connectivity index (χ3v) is 4.38. The van der Waals surface area contributed by atoms with Crippen LogP contribution in [0.3, 0.4) is 0 Å². The van der Waals surface area contributed by atoms with Crippen LogP contribution in [0.15, 0.2) is 12.1 Å². The van der Waals surface area contributed by atoms with Gasteiger partial charge in [-0.25, -0.2) is 0 Å². The van der Waals surface area contributed by atoms with E-state index in [0.717, 1.165) is 17.9 Å². The molecule has 1 rings (SSSR count). The zero-order valence-corrected chi connectivity index (χ0v) is 14.0. The predicted molar refractivity (Wildman–Crippen MR) is 86.5 cm³/mol. The van der Waals surface area contributed by atoms with Gasteiger partial charge in [0, 0.05) is 23.2 Å². The summed E-state index contributed by atoms with van der Waals surface area (Å²) in [6.07, 6.45) is 3.67. The van der Waals surface area contributed by atoms with Crippen LogP contribution in [0.25, 0.3) is 0 Å². The van der Waals surface area contributed by atoms with Gasteiger partial charge in [0.15, 0.2) is 0 Å². The second kappa shape index (κ2) is 8.36. The number of nitrogens with one attached hydrogen (secondary N) is 1. The highest BCUT2D eigenvalue weighted by Gasteiger charge is 2.10. The highest BCUT2D eigenvalue weighted by Crippen LogP contribution is 2.31. The molecule has 0 radical (unpaired) electrons. The molecular formula is C15H22Cl3N. The summed E-state index contributed by atoms with van der Waals surface area (Å²) < 4.78 is 0. The van der Waals surface area contributed by atoms with E-state index in [2.05, 4.69) is 26.1 Å². The molecule has 0 aliphatic carbocycles. The quantitative estimate of drug-likeness (QED) is 0.611. The smallest absolute Gasteiger partial charge is 0.0652 e. The minimum atomic E-state index is 0.449.